The molecule has 0 spiro atoms. The van der Waals surface area contributed by atoms with Crippen molar-refractivity contribution in [3.8, 4) is 0 Å². The summed E-state index contributed by atoms with van der Waals surface area (Å²) in [4.78, 5) is 27.0. The first kappa shape index (κ1) is 14.4. The highest BCUT2D eigenvalue weighted by Crippen LogP contribution is 2.24. The van der Waals surface area contributed by atoms with Crippen molar-refractivity contribution in [2.75, 3.05) is 11.4 Å². The van der Waals surface area contributed by atoms with Crippen LogP contribution in [0.2, 0.25) is 10.2 Å². The Morgan fingerprint density at radius 2 is 1.85 bits per heavy atom. The van der Waals surface area contributed by atoms with E-state index < -0.39 is 18.4 Å². The van der Waals surface area contributed by atoms with Gasteiger partial charge in [0, 0.05) is 5.69 Å². The number of halogens is 2. The van der Waals surface area contributed by atoms with Crippen LogP contribution in [0.5, 0.6) is 0 Å². The van der Waals surface area contributed by atoms with Crippen molar-refractivity contribution in [2.24, 2.45) is 0 Å². The largest absolute Gasteiger partial charge is 0.480 e. The number of amides is 1. The molecule has 0 aliphatic rings. The lowest BCUT2D eigenvalue weighted by Crippen LogP contribution is -2.35. The molecule has 1 heterocycles. The average molecular weight is 313 g/mol. The Balaban J connectivity index is 2.36. The van der Waals surface area contributed by atoms with E-state index in [1.54, 1.807) is 30.3 Å². The SMILES string of the molecule is O=C(O)CN(C(=O)c1cc(Cl)c(Cl)[nH]1)c1ccccc1. The number of hydrogen-bond acceptors (Lipinski definition) is 2. The molecule has 1 aromatic heterocycles. The van der Waals surface area contributed by atoms with Gasteiger partial charge in [-0.15, -0.1) is 0 Å². The van der Waals surface area contributed by atoms with Gasteiger partial charge in [0.15, 0.2) is 0 Å². The summed E-state index contributed by atoms with van der Waals surface area (Å²) >= 11 is 11.5. The molecule has 0 aliphatic carbocycles. The summed E-state index contributed by atoms with van der Waals surface area (Å²) in [6.45, 7) is -0.461. The van der Waals surface area contributed by atoms with Gasteiger partial charge in [0.05, 0.1) is 5.02 Å². The Morgan fingerprint density at radius 1 is 1.20 bits per heavy atom. The summed E-state index contributed by atoms with van der Waals surface area (Å²) in [6.07, 6.45) is 0. The van der Waals surface area contributed by atoms with E-state index in [2.05, 4.69) is 4.98 Å². The minimum atomic E-state index is -1.12. The van der Waals surface area contributed by atoms with Gasteiger partial charge in [0.1, 0.15) is 17.4 Å². The van der Waals surface area contributed by atoms with Gasteiger partial charge in [-0.1, -0.05) is 41.4 Å². The zero-order valence-electron chi connectivity index (χ0n) is 10.1. The number of nitrogens with one attached hydrogen (secondary N) is 1. The van der Waals surface area contributed by atoms with E-state index in [1.165, 1.54) is 6.07 Å². The van der Waals surface area contributed by atoms with Crippen LogP contribution in [0, 0.1) is 0 Å². The van der Waals surface area contributed by atoms with Crippen LogP contribution in [0.15, 0.2) is 36.4 Å². The first-order chi connectivity index (χ1) is 9.49. The summed E-state index contributed by atoms with van der Waals surface area (Å²) in [6, 6.07) is 9.86. The number of H-pyrrole nitrogens is 1. The smallest absolute Gasteiger partial charge is 0.323 e. The van der Waals surface area contributed by atoms with Crippen molar-refractivity contribution < 1.29 is 14.7 Å². The van der Waals surface area contributed by atoms with Crippen molar-refractivity contribution in [3.63, 3.8) is 0 Å². The summed E-state index contributed by atoms with van der Waals surface area (Å²) in [7, 11) is 0. The van der Waals surface area contributed by atoms with E-state index in [4.69, 9.17) is 28.3 Å². The summed E-state index contributed by atoms with van der Waals surface area (Å²) in [5.41, 5.74) is 0.604. The van der Waals surface area contributed by atoms with Crippen molar-refractivity contribution in [3.05, 3.63) is 52.3 Å². The number of anilines is 1. The van der Waals surface area contributed by atoms with Crippen LogP contribution in [0.4, 0.5) is 5.69 Å². The number of benzene rings is 1. The fourth-order valence-electron chi connectivity index (χ4n) is 1.69. The van der Waals surface area contributed by atoms with E-state index in [0.29, 0.717) is 5.69 Å². The minimum absolute atomic E-state index is 0.130. The second-order valence-electron chi connectivity index (χ2n) is 3.97. The van der Waals surface area contributed by atoms with Gasteiger partial charge in [0.25, 0.3) is 5.91 Å². The lowest BCUT2D eigenvalue weighted by molar-refractivity contribution is -0.135. The van der Waals surface area contributed by atoms with E-state index in [9.17, 15) is 9.59 Å². The Morgan fingerprint density at radius 3 is 2.35 bits per heavy atom. The molecule has 1 amide bonds. The number of aromatic nitrogens is 1. The third-order valence-electron chi connectivity index (χ3n) is 2.56. The topological polar surface area (TPSA) is 73.4 Å². The Labute approximate surface area is 124 Å². The Hall–Kier alpha value is -1.98. The van der Waals surface area contributed by atoms with E-state index in [1.807, 2.05) is 0 Å². The molecule has 0 saturated heterocycles. The maximum Gasteiger partial charge on any atom is 0.323 e. The van der Waals surface area contributed by atoms with Crippen LogP contribution in [0.3, 0.4) is 0 Å². The summed E-state index contributed by atoms with van der Waals surface area (Å²) < 4.78 is 0. The lowest BCUT2D eigenvalue weighted by atomic mass is 10.2. The monoisotopic (exact) mass is 312 g/mol. The van der Waals surface area contributed by atoms with Crippen LogP contribution in [0.25, 0.3) is 0 Å². The predicted molar refractivity (Wildman–Crippen MR) is 76.6 cm³/mol. The van der Waals surface area contributed by atoms with E-state index >= 15 is 0 Å². The first-order valence-corrected chi connectivity index (χ1v) is 6.37. The maximum atomic E-state index is 12.4. The van der Waals surface area contributed by atoms with Gasteiger partial charge in [-0.3, -0.25) is 14.5 Å². The van der Waals surface area contributed by atoms with Gasteiger partial charge in [-0.25, -0.2) is 0 Å². The zero-order valence-corrected chi connectivity index (χ0v) is 11.6. The zero-order chi connectivity index (χ0) is 14.7. The normalized spacial score (nSPS) is 10.3. The first-order valence-electron chi connectivity index (χ1n) is 5.61. The van der Waals surface area contributed by atoms with Gasteiger partial charge in [0.2, 0.25) is 0 Å². The molecule has 20 heavy (non-hydrogen) atoms. The fraction of sp³-hybridized carbons (Fsp3) is 0.0769. The highest BCUT2D eigenvalue weighted by molar-refractivity contribution is 6.41. The molecule has 0 unspecified atom stereocenters. The highest BCUT2D eigenvalue weighted by atomic mass is 35.5. The molecule has 0 radical (unpaired) electrons. The summed E-state index contributed by atoms with van der Waals surface area (Å²) in [5.74, 6) is -1.64. The minimum Gasteiger partial charge on any atom is -0.480 e. The molecule has 2 N–H and O–H groups in total. The van der Waals surface area contributed by atoms with Crippen molar-refractivity contribution in [2.45, 2.75) is 0 Å². The van der Waals surface area contributed by atoms with Gasteiger partial charge in [-0.05, 0) is 18.2 Å². The van der Waals surface area contributed by atoms with Crippen molar-refractivity contribution >= 4 is 40.8 Å². The second-order valence-corrected chi connectivity index (χ2v) is 4.75. The molecule has 0 atom stereocenters. The van der Waals surface area contributed by atoms with Gasteiger partial charge in [-0.2, -0.15) is 0 Å². The van der Waals surface area contributed by atoms with Gasteiger partial charge >= 0.3 is 5.97 Å². The molecular weight excluding hydrogens is 303 g/mol. The number of rotatable bonds is 4. The quantitative estimate of drug-likeness (QED) is 0.911. The maximum absolute atomic E-state index is 12.4. The number of aliphatic carboxylic acids is 1. The predicted octanol–water partition coefficient (Wildman–Crippen LogP) is 3.05. The molecule has 0 aliphatic heterocycles. The average Bonchev–Trinajstić information content (AvgIpc) is 2.76. The number of aromatic amines is 1. The van der Waals surface area contributed by atoms with Crippen LogP contribution in [-0.2, 0) is 4.79 Å². The standard InChI is InChI=1S/C13H10Cl2N2O3/c14-9-6-10(16-12(9)15)13(20)17(7-11(18)19)8-4-2-1-3-5-8/h1-6,16H,7H2,(H,18,19). The Bertz CT molecular complexity index is 621. The van der Waals surface area contributed by atoms with Crippen molar-refractivity contribution in [1.29, 1.82) is 0 Å². The van der Waals surface area contributed by atoms with Crippen LogP contribution in [-0.4, -0.2) is 28.5 Å². The molecular formula is C13H10Cl2N2O3. The van der Waals surface area contributed by atoms with Crippen LogP contribution in [0.1, 0.15) is 10.5 Å². The number of carboxylic acids is 1. The Kier molecular flexibility index (Phi) is 4.32. The number of hydrogen-bond donors (Lipinski definition) is 2. The molecule has 5 nitrogen and oxygen atoms in total. The van der Waals surface area contributed by atoms with Crippen LogP contribution < -0.4 is 4.90 Å². The number of carboxylic acid groups (broad SMARTS) is 1. The van der Waals surface area contributed by atoms with E-state index in [-0.39, 0.29) is 15.9 Å². The number of nitrogens with zero attached hydrogens (tertiary/aromatic N) is 1. The fourth-order valence-corrected chi connectivity index (χ4v) is 2.00. The van der Waals surface area contributed by atoms with Crippen molar-refractivity contribution in [1.82, 2.24) is 4.98 Å². The summed E-state index contributed by atoms with van der Waals surface area (Å²) in [5, 5.41) is 9.29. The highest BCUT2D eigenvalue weighted by Gasteiger charge is 2.22. The molecule has 1 aromatic carbocycles. The molecule has 0 fully saturated rings. The molecule has 0 saturated carbocycles. The second kappa shape index (κ2) is 5.98. The molecule has 2 aromatic rings. The number of para-hydroxylation sites is 1. The number of carbonyl (C=O) groups is 2. The molecule has 0 bridgehead atoms. The molecule has 7 heteroatoms. The third kappa shape index (κ3) is 3.12. The van der Waals surface area contributed by atoms with Crippen LogP contribution >= 0.6 is 23.2 Å². The van der Waals surface area contributed by atoms with Gasteiger partial charge < -0.3 is 10.1 Å². The van der Waals surface area contributed by atoms with E-state index in [0.717, 1.165) is 4.90 Å². The third-order valence-corrected chi connectivity index (χ3v) is 3.25. The number of carbonyl (C=O) groups excluding carboxylic acids is 1. The molecule has 104 valence electrons. The lowest BCUT2D eigenvalue weighted by Gasteiger charge is -2.20. The molecule has 2 rings (SSSR count).